The Balaban J connectivity index is 1.58. The van der Waals surface area contributed by atoms with Crippen molar-refractivity contribution in [3.63, 3.8) is 0 Å². The van der Waals surface area contributed by atoms with Crippen molar-refractivity contribution < 1.29 is 23.8 Å². The van der Waals surface area contributed by atoms with E-state index >= 15 is 0 Å². The summed E-state index contributed by atoms with van der Waals surface area (Å²) in [5.74, 6) is 1.000. The SMILES string of the molecule is COCCOC(=O)C1=C(C)N=C2SCCCN2C1c1ccc(NC(=O)c2cccc(OC)c2)cc1. The number of methoxy groups -OCH3 is 2. The van der Waals surface area contributed by atoms with E-state index in [0.717, 1.165) is 29.4 Å². The van der Waals surface area contributed by atoms with Crippen LogP contribution in [0.15, 0.2) is 64.8 Å². The van der Waals surface area contributed by atoms with E-state index in [2.05, 4.69) is 10.2 Å². The zero-order chi connectivity index (χ0) is 24.8. The molecule has 1 fully saturated rings. The normalized spacial score (nSPS) is 17.4. The van der Waals surface area contributed by atoms with Crippen molar-refractivity contribution in [2.75, 3.05) is 45.0 Å². The number of nitrogens with zero attached hydrogens (tertiary/aromatic N) is 2. The number of benzene rings is 2. The van der Waals surface area contributed by atoms with Crippen LogP contribution in [0.2, 0.25) is 0 Å². The molecule has 0 aliphatic carbocycles. The maximum absolute atomic E-state index is 13.1. The van der Waals surface area contributed by atoms with Gasteiger partial charge in [-0.2, -0.15) is 0 Å². The summed E-state index contributed by atoms with van der Waals surface area (Å²) in [5.41, 5.74) is 3.28. The number of nitrogens with one attached hydrogen (secondary N) is 1. The number of carbonyl (C=O) groups excluding carboxylic acids is 2. The van der Waals surface area contributed by atoms with E-state index in [1.165, 1.54) is 0 Å². The minimum absolute atomic E-state index is 0.180. The molecule has 35 heavy (non-hydrogen) atoms. The van der Waals surface area contributed by atoms with Gasteiger partial charge in [0.2, 0.25) is 0 Å². The Morgan fingerprint density at radius 2 is 1.94 bits per heavy atom. The maximum atomic E-state index is 13.1. The molecule has 0 aromatic heterocycles. The van der Waals surface area contributed by atoms with Crippen molar-refractivity contribution in [2.45, 2.75) is 19.4 Å². The molecule has 8 nitrogen and oxygen atoms in total. The van der Waals surface area contributed by atoms with E-state index in [0.29, 0.717) is 34.9 Å². The number of allylic oxidation sites excluding steroid dienone is 1. The molecule has 2 heterocycles. The van der Waals surface area contributed by atoms with Gasteiger partial charge in [-0.3, -0.25) is 4.79 Å². The molecule has 1 saturated heterocycles. The molecule has 0 bridgehead atoms. The van der Waals surface area contributed by atoms with Crippen LogP contribution in [-0.4, -0.2) is 61.7 Å². The molecule has 0 radical (unpaired) electrons. The predicted molar refractivity (Wildman–Crippen MR) is 137 cm³/mol. The van der Waals surface area contributed by atoms with E-state index in [1.807, 2.05) is 31.2 Å². The van der Waals surface area contributed by atoms with Crippen LogP contribution < -0.4 is 10.1 Å². The van der Waals surface area contributed by atoms with Crippen LogP contribution in [0.4, 0.5) is 5.69 Å². The van der Waals surface area contributed by atoms with Crippen LogP contribution in [0.5, 0.6) is 5.75 Å². The van der Waals surface area contributed by atoms with Gasteiger partial charge in [-0.1, -0.05) is 30.0 Å². The first-order valence-electron chi connectivity index (χ1n) is 11.4. The van der Waals surface area contributed by atoms with Crippen molar-refractivity contribution >= 4 is 34.5 Å². The van der Waals surface area contributed by atoms with Crippen LogP contribution >= 0.6 is 11.8 Å². The van der Waals surface area contributed by atoms with E-state index < -0.39 is 5.97 Å². The zero-order valence-electron chi connectivity index (χ0n) is 20.1. The van der Waals surface area contributed by atoms with Crippen LogP contribution in [0.25, 0.3) is 0 Å². The van der Waals surface area contributed by atoms with Crippen molar-refractivity contribution in [2.24, 2.45) is 4.99 Å². The third-order valence-electron chi connectivity index (χ3n) is 5.82. The fraction of sp³-hybridized carbons (Fsp3) is 0.346. The highest BCUT2D eigenvalue weighted by Gasteiger charge is 2.37. The summed E-state index contributed by atoms with van der Waals surface area (Å²) >= 11 is 1.70. The molecule has 4 rings (SSSR count). The standard InChI is InChI=1S/C26H29N3O5S/c1-17-22(25(31)34-14-13-32-2)23(29-12-5-15-35-26(29)27-17)18-8-10-20(11-9-18)28-24(30)19-6-4-7-21(16-19)33-3/h4,6-11,16,23H,5,12-15H2,1-3H3,(H,28,30). The third kappa shape index (κ3) is 5.68. The number of carbonyl (C=O) groups is 2. The van der Waals surface area contributed by atoms with Gasteiger partial charge in [-0.05, 0) is 49.2 Å². The summed E-state index contributed by atoms with van der Waals surface area (Å²) in [6, 6.07) is 14.2. The molecule has 0 spiro atoms. The predicted octanol–water partition coefficient (Wildman–Crippen LogP) is 4.26. The lowest BCUT2D eigenvalue weighted by molar-refractivity contribution is -0.141. The number of hydrogen-bond acceptors (Lipinski definition) is 8. The van der Waals surface area contributed by atoms with E-state index in [1.54, 1.807) is 50.2 Å². The van der Waals surface area contributed by atoms with Gasteiger partial charge in [-0.15, -0.1) is 0 Å². The monoisotopic (exact) mass is 495 g/mol. The second-order valence-electron chi connectivity index (χ2n) is 8.13. The Morgan fingerprint density at radius 1 is 1.14 bits per heavy atom. The van der Waals surface area contributed by atoms with Crippen molar-refractivity contribution in [3.05, 3.63) is 70.9 Å². The van der Waals surface area contributed by atoms with E-state index in [-0.39, 0.29) is 18.6 Å². The lowest BCUT2D eigenvalue weighted by Crippen LogP contribution is -2.42. The summed E-state index contributed by atoms with van der Waals surface area (Å²) in [6.45, 7) is 3.16. The number of hydrogen-bond donors (Lipinski definition) is 1. The average molecular weight is 496 g/mol. The molecule has 0 saturated carbocycles. The number of thioether (sulfide) groups is 1. The largest absolute Gasteiger partial charge is 0.497 e. The fourth-order valence-corrected chi connectivity index (χ4v) is 5.11. The minimum Gasteiger partial charge on any atom is -0.497 e. The molecular weight excluding hydrogens is 466 g/mol. The second kappa shape index (κ2) is 11.4. The van der Waals surface area contributed by atoms with Crippen LogP contribution in [0, 0.1) is 0 Å². The third-order valence-corrected chi connectivity index (χ3v) is 6.89. The van der Waals surface area contributed by atoms with Gasteiger partial charge in [0, 0.05) is 30.7 Å². The van der Waals surface area contributed by atoms with Crippen LogP contribution in [-0.2, 0) is 14.3 Å². The van der Waals surface area contributed by atoms with Gasteiger partial charge >= 0.3 is 5.97 Å². The molecule has 9 heteroatoms. The number of fused-ring (bicyclic) bond motifs is 1. The van der Waals surface area contributed by atoms with Crippen molar-refractivity contribution in [1.82, 2.24) is 4.90 Å². The van der Waals surface area contributed by atoms with Gasteiger partial charge in [0.25, 0.3) is 5.91 Å². The lowest BCUT2D eigenvalue weighted by Gasteiger charge is -2.40. The molecule has 1 unspecified atom stereocenters. The Morgan fingerprint density at radius 3 is 2.69 bits per heavy atom. The highest BCUT2D eigenvalue weighted by Crippen LogP contribution is 2.40. The Kier molecular flexibility index (Phi) is 8.09. The number of anilines is 1. The molecule has 1 N–H and O–H groups in total. The van der Waals surface area contributed by atoms with Crippen molar-refractivity contribution in [1.29, 1.82) is 0 Å². The smallest absolute Gasteiger partial charge is 0.338 e. The fourth-order valence-electron chi connectivity index (χ4n) is 4.09. The quantitative estimate of drug-likeness (QED) is 0.432. The second-order valence-corrected chi connectivity index (χ2v) is 9.19. The van der Waals surface area contributed by atoms with Gasteiger partial charge in [0.15, 0.2) is 5.17 Å². The van der Waals surface area contributed by atoms with Gasteiger partial charge in [0.05, 0.1) is 31.0 Å². The highest BCUT2D eigenvalue weighted by atomic mass is 32.2. The Bertz CT molecular complexity index is 1150. The van der Waals surface area contributed by atoms with Crippen LogP contribution in [0.1, 0.15) is 35.3 Å². The average Bonchev–Trinajstić information content (AvgIpc) is 2.88. The molecule has 1 atom stereocenters. The molecular formula is C26H29N3O5S. The molecule has 2 aliphatic rings. The number of amides is 1. The maximum Gasteiger partial charge on any atom is 0.338 e. The van der Waals surface area contributed by atoms with E-state index in [4.69, 9.17) is 19.2 Å². The minimum atomic E-state index is -0.390. The Hall–Kier alpha value is -3.30. The first-order valence-corrected chi connectivity index (χ1v) is 12.4. The molecule has 1 amide bonds. The van der Waals surface area contributed by atoms with Gasteiger partial charge < -0.3 is 24.4 Å². The summed E-state index contributed by atoms with van der Waals surface area (Å²) < 4.78 is 15.7. The van der Waals surface area contributed by atoms with Crippen LogP contribution in [0.3, 0.4) is 0 Å². The highest BCUT2D eigenvalue weighted by molar-refractivity contribution is 8.13. The van der Waals surface area contributed by atoms with E-state index in [9.17, 15) is 9.59 Å². The topological polar surface area (TPSA) is 89.5 Å². The van der Waals surface area contributed by atoms with Gasteiger partial charge in [0.1, 0.15) is 12.4 Å². The molecule has 2 aromatic carbocycles. The molecule has 184 valence electrons. The molecule has 2 aliphatic heterocycles. The lowest BCUT2D eigenvalue weighted by atomic mass is 9.94. The Labute approximate surface area is 209 Å². The summed E-state index contributed by atoms with van der Waals surface area (Å²) in [6.07, 6.45) is 1.000. The summed E-state index contributed by atoms with van der Waals surface area (Å²) in [5, 5.41) is 3.84. The van der Waals surface area contributed by atoms with Gasteiger partial charge in [-0.25, -0.2) is 9.79 Å². The number of ether oxygens (including phenoxy) is 3. The zero-order valence-corrected chi connectivity index (χ0v) is 20.9. The summed E-state index contributed by atoms with van der Waals surface area (Å²) in [7, 11) is 3.13. The number of aliphatic imine (C=N–C) groups is 1. The van der Waals surface area contributed by atoms with Crippen molar-refractivity contribution in [3.8, 4) is 5.75 Å². The summed E-state index contributed by atoms with van der Waals surface area (Å²) in [4.78, 5) is 32.6. The first-order chi connectivity index (χ1) is 17.0. The number of esters is 1. The number of rotatable bonds is 8. The molecule has 2 aromatic rings. The number of amidine groups is 1. The first kappa shape index (κ1) is 24.8.